The third-order valence-electron chi connectivity index (χ3n) is 14.5. The van der Waals surface area contributed by atoms with E-state index < -0.39 is 0 Å². The van der Waals surface area contributed by atoms with Crippen molar-refractivity contribution in [1.82, 2.24) is 0 Å². The van der Waals surface area contributed by atoms with E-state index in [1.54, 1.807) is 0 Å². The molecule has 0 spiro atoms. The molecule has 1 aromatic heterocycles. The highest BCUT2D eigenvalue weighted by Gasteiger charge is 2.40. The second-order valence-corrected chi connectivity index (χ2v) is 20.0. The van der Waals surface area contributed by atoms with Crippen LogP contribution in [0.1, 0.15) is 74.9 Å². The van der Waals surface area contributed by atoms with Crippen LogP contribution in [0.15, 0.2) is 176 Å². The Balaban J connectivity index is 0.903. The molecule has 0 atom stereocenters. The lowest BCUT2D eigenvalue weighted by molar-refractivity contribution is 0.660. The quantitative estimate of drug-likeness (QED) is 0.168. The van der Waals surface area contributed by atoms with Crippen molar-refractivity contribution < 1.29 is 0 Å². The standard InChI is InChI=1S/C59H47NS/c1-57(2)50-17-11-8-14-44(50)48-34-41(29-32-51(48)57)60(42-28-31-45-43-13-7-10-16-49(43)58(3,4)53(45)35-42)40-26-23-37(24-27-40)36-19-21-38(22-20-36)39-25-30-46-52(33-39)59(5,6)55-47-15-9-12-18-54(47)61-56(46)55/h7-35H,1-6H3. The Labute approximate surface area is 363 Å². The average Bonchev–Trinajstić information content (AvgIpc) is 3.93. The summed E-state index contributed by atoms with van der Waals surface area (Å²) in [5, 5.41) is 1.40. The van der Waals surface area contributed by atoms with Gasteiger partial charge in [0.15, 0.2) is 0 Å². The van der Waals surface area contributed by atoms with E-state index in [4.69, 9.17) is 0 Å². The SMILES string of the molecule is CC1(C)c2ccccc2-c2cc(N(c3ccc(-c4ccc(-c5ccc6c(c5)C(C)(C)c5c-6sc6ccccc56)cc4)cc3)c3ccc4c(c3)C(C)(C)c3ccccc3-4)ccc21. The van der Waals surface area contributed by atoms with Crippen LogP contribution in [0.3, 0.4) is 0 Å². The molecule has 0 saturated heterocycles. The Morgan fingerprint density at radius 3 is 1.54 bits per heavy atom. The molecular formula is C59H47NS. The summed E-state index contributed by atoms with van der Waals surface area (Å²) in [6.07, 6.45) is 0. The molecule has 294 valence electrons. The van der Waals surface area contributed by atoms with Gasteiger partial charge >= 0.3 is 0 Å². The van der Waals surface area contributed by atoms with Crippen molar-refractivity contribution in [3.8, 4) is 54.9 Å². The highest BCUT2D eigenvalue weighted by molar-refractivity contribution is 7.22. The summed E-state index contributed by atoms with van der Waals surface area (Å²) in [5.74, 6) is 0. The monoisotopic (exact) mass is 801 g/mol. The molecule has 3 aliphatic rings. The maximum Gasteiger partial charge on any atom is 0.0468 e. The van der Waals surface area contributed by atoms with Gasteiger partial charge in [0, 0.05) is 42.9 Å². The van der Waals surface area contributed by atoms with Gasteiger partial charge in [-0.2, -0.15) is 0 Å². The van der Waals surface area contributed by atoms with Gasteiger partial charge in [0.2, 0.25) is 0 Å². The van der Waals surface area contributed by atoms with Gasteiger partial charge in [-0.15, -0.1) is 11.3 Å². The summed E-state index contributed by atoms with van der Waals surface area (Å²) in [7, 11) is 0. The molecule has 0 radical (unpaired) electrons. The Bertz CT molecular complexity index is 3260. The predicted octanol–water partition coefficient (Wildman–Crippen LogP) is 16.6. The van der Waals surface area contributed by atoms with Crippen LogP contribution < -0.4 is 4.90 Å². The van der Waals surface area contributed by atoms with Crippen LogP contribution >= 0.6 is 11.3 Å². The van der Waals surface area contributed by atoms with E-state index in [9.17, 15) is 0 Å². The lowest BCUT2D eigenvalue weighted by Crippen LogP contribution is -2.17. The van der Waals surface area contributed by atoms with E-state index in [0.29, 0.717) is 0 Å². The molecule has 1 nitrogen and oxygen atoms in total. The largest absolute Gasteiger partial charge is 0.310 e. The van der Waals surface area contributed by atoms with E-state index in [1.165, 1.54) is 104 Å². The second-order valence-electron chi connectivity index (χ2n) is 18.9. The molecule has 8 aromatic carbocycles. The molecule has 0 amide bonds. The van der Waals surface area contributed by atoms with Gasteiger partial charge in [0.25, 0.3) is 0 Å². The smallest absolute Gasteiger partial charge is 0.0468 e. The summed E-state index contributed by atoms with van der Waals surface area (Å²) in [6, 6.07) is 66.4. The first-order valence-electron chi connectivity index (χ1n) is 21.7. The van der Waals surface area contributed by atoms with Crippen molar-refractivity contribution in [3.05, 3.63) is 209 Å². The highest BCUT2D eigenvalue weighted by atomic mass is 32.1. The zero-order chi connectivity index (χ0) is 41.4. The Morgan fingerprint density at radius 2 is 0.820 bits per heavy atom. The number of hydrogen-bond acceptors (Lipinski definition) is 2. The normalized spacial score (nSPS) is 15.4. The minimum atomic E-state index is -0.0945. The van der Waals surface area contributed by atoms with E-state index >= 15 is 0 Å². The van der Waals surface area contributed by atoms with Gasteiger partial charge in [-0.25, -0.2) is 0 Å². The molecule has 0 aliphatic heterocycles. The lowest BCUT2D eigenvalue weighted by atomic mass is 9.80. The fourth-order valence-electron chi connectivity index (χ4n) is 11.2. The van der Waals surface area contributed by atoms with Crippen LogP contribution in [0.25, 0.3) is 65.0 Å². The van der Waals surface area contributed by atoms with Crippen LogP contribution in [-0.2, 0) is 16.2 Å². The first-order chi connectivity index (χ1) is 29.5. The zero-order valence-corrected chi connectivity index (χ0v) is 36.4. The minimum Gasteiger partial charge on any atom is -0.310 e. The van der Waals surface area contributed by atoms with Gasteiger partial charge in [-0.3, -0.25) is 0 Å². The van der Waals surface area contributed by atoms with E-state index in [1.807, 2.05) is 11.3 Å². The number of thiophene rings is 1. The topological polar surface area (TPSA) is 3.24 Å². The van der Waals surface area contributed by atoms with Gasteiger partial charge in [0.1, 0.15) is 0 Å². The third-order valence-corrected chi connectivity index (χ3v) is 15.7. The first kappa shape index (κ1) is 36.4. The van der Waals surface area contributed by atoms with Gasteiger partial charge in [-0.05, 0) is 137 Å². The number of nitrogens with zero attached hydrogens (tertiary/aromatic N) is 1. The van der Waals surface area contributed by atoms with Crippen molar-refractivity contribution in [2.45, 2.75) is 57.8 Å². The molecule has 0 N–H and O–H groups in total. The van der Waals surface area contributed by atoms with E-state index in [0.717, 1.165) is 11.4 Å². The number of benzene rings is 8. The van der Waals surface area contributed by atoms with Crippen LogP contribution in [-0.4, -0.2) is 0 Å². The fourth-order valence-corrected chi connectivity index (χ4v) is 12.6. The molecule has 0 fully saturated rings. The third kappa shape index (κ3) is 5.19. The van der Waals surface area contributed by atoms with E-state index in [2.05, 4.69) is 222 Å². The lowest BCUT2D eigenvalue weighted by Gasteiger charge is -2.29. The molecule has 9 aromatic rings. The summed E-state index contributed by atoms with van der Waals surface area (Å²) >= 11 is 1.93. The van der Waals surface area contributed by atoms with Crippen LogP contribution in [0, 0.1) is 0 Å². The van der Waals surface area contributed by atoms with Crippen molar-refractivity contribution in [3.63, 3.8) is 0 Å². The number of anilines is 3. The van der Waals surface area contributed by atoms with Crippen LogP contribution in [0.5, 0.6) is 0 Å². The summed E-state index contributed by atoms with van der Waals surface area (Å²) in [4.78, 5) is 3.89. The van der Waals surface area contributed by atoms with Crippen molar-refractivity contribution >= 4 is 38.5 Å². The van der Waals surface area contributed by atoms with Crippen molar-refractivity contribution in [1.29, 1.82) is 0 Å². The van der Waals surface area contributed by atoms with Gasteiger partial charge in [-0.1, -0.05) is 169 Å². The molecule has 0 saturated carbocycles. The Morgan fingerprint density at radius 1 is 0.344 bits per heavy atom. The van der Waals surface area contributed by atoms with Crippen LogP contribution in [0.2, 0.25) is 0 Å². The van der Waals surface area contributed by atoms with Crippen molar-refractivity contribution in [2.24, 2.45) is 0 Å². The first-order valence-corrected chi connectivity index (χ1v) is 22.5. The second kappa shape index (κ2) is 12.8. The minimum absolute atomic E-state index is 0.0439. The molecule has 2 heteroatoms. The average molecular weight is 802 g/mol. The molecular weight excluding hydrogens is 755 g/mol. The zero-order valence-electron chi connectivity index (χ0n) is 35.6. The number of rotatable bonds is 5. The summed E-state index contributed by atoms with van der Waals surface area (Å²) < 4.78 is 1.38. The summed E-state index contributed by atoms with van der Waals surface area (Å²) in [5.41, 5.74) is 23.4. The van der Waals surface area contributed by atoms with Crippen molar-refractivity contribution in [2.75, 3.05) is 4.90 Å². The Kier molecular flexibility index (Phi) is 7.62. The summed E-state index contributed by atoms with van der Waals surface area (Å²) in [6.45, 7) is 14.2. The highest BCUT2D eigenvalue weighted by Crippen LogP contribution is 2.57. The van der Waals surface area contributed by atoms with Gasteiger partial charge < -0.3 is 4.90 Å². The molecule has 0 unspecified atom stereocenters. The molecule has 3 aliphatic carbocycles. The van der Waals surface area contributed by atoms with Crippen LogP contribution in [0.4, 0.5) is 17.1 Å². The molecule has 1 heterocycles. The van der Waals surface area contributed by atoms with Gasteiger partial charge in [0.05, 0.1) is 0 Å². The molecule has 61 heavy (non-hydrogen) atoms. The van der Waals surface area contributed by atoms with E-state index in [-0.39, 0.29) is 16.2 Å². The predicted molar refractivity (Wildman–Crippen MR) is 260 cm³/mol. The maximum absolute atomic E-state index is 2.46. The maximum atomic E-state index is 2.46. The molecule has 0 bridgehead atoms. The number of fused-ring (bicyclic) bond motifs is 11. The fraction of sp³-hybridized carbons (Fsp3) is 0.153. The Hall–Kier alpha value is -6.48. The molecule has 12 rings (SSSR count). The number of hydrogen-bond donors (Lipinski definition) is 0.